The van der Waals surface area contributed by atoms with Crippen molar-refractivity contribution >= 4 is 61.5 Å². The Morgan fingerprint density at radius 2 is 2.04 bits per heavy atom. The van der Waals surface area contributed by atoms with Gasteiger partial charge in [0.2, 0.25) is 0 Å². The van der Waals surface area contributed by atoms with Gasteiger partial charge >= 0.3 is 0 Å². The average molecular weight is 379 g/mol. The smallest absolute Gasteiger partial charge is 0.290 e. The summed E-state index contributed by atoms with van der Waals surface area (Å²) in [4.78, 5) is 32.2. The number of furan rings is 1. The van der Waals surface area contributed by atoms with Gasteiger partial charge in [-0.1, -0.05) is 12.1 Å². The van der Waals surface area contributed by atoms with E-state index in [-0.39, 0.29) is 5.24 Å². The number of carbonyl (C=O) groups excluding carboxylic acids is 2. The maximum atomic E-state index is 11.7. The molecule has 4 heterocycles. The second-order valence-electron chi connectivity index (χ2n) is 5.59. The highest BCUT2D eigenvalue weighted by atomic mass is 32.2. The van der Waals surface area contributed by atoms with Gasteiger partial charge in [-0.2, -0.15) is 0 Å². The maximum Gasteiger partial charge on any atom is 0.290 e. The van der Waals surface area contributed by atoms with Gasteiger partial charge in [0.1, 0.15) is 16.4 Å². The van der Waals surface area contributed by atoms with Gasteiger partial charge in [-0.3, -0.25) is 19.9 Å². The fraction of sp³-hybridized carbons (Fsp3) is 0. The van der Waals surface area contributed by atoms with E-state index in [9.17, 15) is 9.59 Å². The van der Waals surface area contributed by atoms with E-state index < -0.39 is 5.91 Å². The predicted molar refractivity (Wildman–Crippen MR) is 102 cm³/mol. The van der Waals surface area contributed by atoms with E-state index in [1.807, 2.05) is 24.3 Å². The van der Waals surface area contributed by atoms with Crippen molar-refractivity contribution < 1.29 is 14.0 Å². The van der Waals surface area contributed by atoms with E-state index in [0.717, 1.165) is 37.9 Å². The summed E-state index contributed by atoms with van der Waals surface area (Å²) in [6.45, 7) is 0. The first-order valence-electron chi connectivity index (χ1n) is 7.66. The molecule has 8 heteroatoms. The minimum atomic E-state index is -0.412. The summed E-state index contributed by atoms with van der Waals surface area (Å²) in [5.74, 6) is 0.0766. The second kappa shape index (κ2) is 5.79. The molecule has 0 radical (unpaired) electrons. The van der Waals surface area contributed by atoms with Crippen molar-refractivity contribution in [2.45, 2.75) is 0 Å². The molecule has 1 aliphatic heterocycles. The van der Waals surface area contributed by atoms with E-state index in [4.69, 9.17) is 4.42 Å². The number of nitrogens with one attached hydrogen (secondary N) is 1. The molecule has 5 rings (SSSR count). The molecule has 0 bridgehead atoms. The van der Waals surface area contributed by atoms with Gasteiger partial charge in [0.05, 0.1) is 20.7 Å². The van der Waals surface area contributed by atoms with Crippen LogP contribution < -0.4 is 5.32 Å². The zero-order valence-electron chi connectivity index (χ0n) is 13.1. The average Bonchev–Trinajstić information content (AvgIpc) is 3.31. The molecule has 0 atom stereocenters. The van der Waals surface area contributed by atoms with Crippen LogP contribution in [0.15, 0.2) is 52.0 Å². The van der Waals surface area contributed by atoms with Crippen molar-refractivity contribution in [1.29, 1.82) is 0 Å². The third kappa shape index (κ3) is 2.51. The highest BCUT2D eigenvalue weighted by Crippen LogP contribution is 2.36. The standard InChI is InChI=1S/C18H9N3O3S2/c22-16-14(26-18(23)21-16)6-10-5-9-7-19-8-11(15(9)24-10)17-20-12-3-1-2-4-13(12)25-17/h1-8H,(H,21,22,23)/b14-6-. The molecule has 0 unspecified atom stereocenters. The number of pyridine rings is 1. The molecular formula is C18H9N3O3S2. The number of thiazole rings is 1. The largest absolute Gasteiger partial charge is 0.456 e. The van der Waals surface area contributed by atoms with Crippen LogP contribution in [0.4, 0.5) is 4.79 Å². The molecule has 1 aromatic carbocycles. The highest BCUT2D eigenvalue weighted by Gasteiger charge is 2.25. The molecule has 2 amide bonds. The van der Waals surface area contributed by atoms with Crippen LogP contribution in [0.5, 0.6) is 0 Å². The van der Waals surface area contributed by atoms with Gasteiger partial charge < -0.3 is 4.42 Å². The Labute approximate surface area is 154 Å². The summed E-state index contributed by atoms with van der Waals surface area (Å²) in [6.07, 6.45) is 4.98. The molecule has 1 N–H and O–H groups in total. The van der Waals surface area contributed by atoms with Crippen LogP contribution in [0.25, 0.3) is 37.8 Å². The Morgan fingerprint density at radius 1 is 1.15 bits per heavy atom. The number of fused-ring (bicyclic) bond motifs is 2. The number of thioether (sulfide) groups is 1. The predicted octanol–water partition coefficient (Wildman–Crippen LogP) is 4.43. The van der Waals surface area contributed by atoms with E-state index in [0.29, 0.717) is 16.2 Å². The van der Waals surface area contributed by atoms with Crippen molar-refractivity contribution in [3.05, 3.63) is 53.4 Å². The van der Waals surface area contributed by atoms with Crippen LogP contribution in [0.1, 0.15) is 5.76 Å². The van der Waals surface area contributed by atoms with Crippen molar-refractivity contribution in [1.82, 2.24) is 15.3 Å². The van der Waals surface area contributed by atoms with Crippen LogP contribution >= 0.6 is 23.1 Å². The molecule has 0 spiro atoms. The van der Waals surface area contributed by atoms with Crippen molar-refractivity contribution in [2.24, 2.45) is 0 Å². The number of aromatic nitrogens is 2. The molecule has 126 valence electrons. The number of hydrogen-bond donors (Lipinski definition) is 1. The third-order valence-corrected chi connectivity index (χ3v) is 5.76. The molecule has 1 aliphatic rings. The normalized spacial score (nSPS) is 16.1. The Morgan fingerprint density at radius 3 is 2.85 bits per heavy atom. The van der Waals surface area contributed by atoms with Crippen molar-refractivity contribution in [3.63, 3.8) is 0 Å². The lowest BCUT2D eigenvalue weighted by Crippen LogP contribution is -2.17. The first-order valence-corrected chi connectivity index (χ1v) is 9.29. The Kier molecular flexibility index (Phi) is 3.41. The summed E-state index contributed by atoms with van der Waals surface area (Å²) >= 11 is 2.43. The fourth-order valence-corrected chi connectivity index (χ4v) is 4.38. The number of imide groups is 1. The summed E-state index contributed by atoms with van der Waals surface area (Å²) in [5, 5.41) is 3.48. The number of benzene rings is 1. The zero-order chi connectivity index (χ0) is 17.7. The number of para-hydroxylation sites is 1. The Bertz CT molecular complexity index is 1210. The van der Waals surface area contributed by atoms with Gasteiger partial charge in [0.15, 0.2) is 0 Å². The van der Waals surface area contributed by atoms with E-state index >= 15 is 0 Å². The van der Waals surface area contributed by atoms with Crippen LogP contribution in [-0.2, 0) is 4.79 Å². The third-order valence-electron chi connectivity index (χ3n) is 3.88. The van der Waals surface area contributed by atoms with E-state index in [1.54, 1.807) is 35.9 Å². The van der Waals surface area contributed by atoms with E-state index in [1.165, 1.54) is 0 Å². The van der Waals surface area contributed by atoms with Crippen LogP contribution in [0.3, 0.4) is 0 Å². The van der Waals surface area contributed by atoms with Crippen LogP contribution in [0, 0.1) is 0 Å². The molecule has 3 aromatic heterocycles. The monoisotopic (exact) mass is 379 g/mol. The summed E-state index contributed by atoms with van der Waals surface area (Å²) in [7, 11) is 0. The molecule has 6 nitrogen and oxygen atoms in total. The molecule has 26 heavy (non-hydrogen) atoms. The molecule has 0 saturated carbocycles. The first kappa shape index (κ1) is 15.3. The Hall–Kier alpha value is -2.97. The summed E-state index contributed by atoms with van der Waals surface area (Å²) < 4.78 is 7.03. The molecule has 1 fully saturated rings. The lowest BCUT2D eigenvalue weighted by molar-refractivity contribution is -0.115. The molecule has 4 aromatic rings. The SMILES string of the molecule is O=C1NC(=O)/C(=C/c2cc3cncc(-c4nc5ccccc5s4)c3o2)S1. The molecular weight excluding hydrogens is 370 g/mol. The van der Waals surface area contributed by atoms with Crippen LogP contribution in [0.2, 0.25) is 0 Å². The number of hydrogen-bond acceptors (Lipinski definition) is 7. The first-order chi connectivity index (χ1) is 12.7. The topological polar surface area (TPSA) is 85.1 Å². The number of amides is 2. The van der Waals surface area contributed by atoms with Gasteiger partial charge in [0, 0.05) is 23.9 Å². The number of rotatable bonds is 2. The van der Waals surface area contributed by atoms with Crippen molar-refractivity contribution in [3.8, 4) is 10.6 Å². The zero-order valence-corrected chi connectivity index (χ0v) is 14.7. The van der Waals surface area contributed by atoms with E-state index in [2.05, 4.69) is 15.3 Å². The van der Waals surface area contributed by atoms with Crippen LogP contribution in [-0.4, -0.2) is 21.1 Å². The second-order valence-corrected chi connectivity index (χ2v) is 7.64. The lowest BCUT2D eigenvalue weighted by atomic mass is 10.2. The molecule has 0 aliphatic carbocycles. The molecule has 1 saturated heterocycles. The van der Waals surface area contributed by atoms with Gasteiger partial charge in [0.25, 0.3) is 11.1 Å². The van der Waals surface area contributed by atoms with Crippen molar-refractivity contribution in [2.75, 3.05) is 0 Å². The van der Waals surface area contributed by atoms with Gasteiger partial charge in [-0.25, -0.2) is 4.98 Å². The lowest BCUT2D eigenvalue weighted by Gasteiger charge is -1.96. The number of nitrogens with zero attached hydrogens (tertiary/aromatic N) is 2. The highest BCUT2D eigenvalue weighted by molar-refractivity contribution is 8.18. The summed E-state index contributed by atoms with van der Waals surface area (Å²) in [6, 6.07) is 9.71. The van der Waals surface area contributed by atoms with Gasteiger partial charge in [-0.05, 0) is 30.0 Å². The maximum absolute atomic E-state index is 11.7. The Balaban J connectivity index is 1.63. The van der Waals surface area contributed by atoms with Gasteiger partial charge in [-0.15, -0.1) is 11.3 Å². The quantitative estimate of drug-likeness (QED) is 0.519. The number of carbonyl (C=O) groups is 2. The summed E-state index contributed by atoms with van der Waals surface area (Å²) in [5.41, 5.74) is 2.38. The minimum absolute atomic E-state index is 0.309. The minimum Gasteiger partial charge on any atom is -0.456 e. The fourth-order valence-electron chi connectivity index (χ4n) is 2.74.